The molecule has 8 nitrogen and oxygen atoms in total. The number of esters is 2. The molecule has 4 aromatic rings. The second-order valence-electron chi connectivity index (χ2n) is 7.21. The lowest BCUT2D eigenvalue weighted by Gasteiger charge is -2.14. The van der Waals surface area contributed by atoms with E-state index in [0.29, 0.717) is 16.3 Å². The van der Waals surface area contributed by atoms with Gasteiger partial charge in [-0.05, 0) is 36.4 Å². The molecule has 1 heterocycles. The number of carbonyl (C=O) groups excluding carboxylic acids is 2. The Morgan fingerprint density at radius 2 is 1.57 bits per heavy atom. The van der Waals surface area contributed by atoms with Crippen LogP contribution in [0.5, 0.6) is 11.5 Å². The average molecular weight is 534 g/mol. The number of para-hydroxylation sites is 1. The third-order valence-corrected chi connectivity index (χ3v) is 5.64. The first-order valence-corrected chi connectivity index (χ1v) is 11.1. The van der Waals surface area contributed by atoms with E-state index in [1.165, 1.54) is 12.3 Å². The number of fused-ring (bicyclic) bond motifs is 2. The molecule has 0 saturated carbocycles. The number of halogens is 3. The van der Waals surface area contributed by atoms with Gasteiger partial charge in [0, 0.05) is 24.4 Å². The van der Waals surface area contributed by atoms with Crippen LogP contribution in [0.15, 0.2) is 56.8 Å². The Labute approximate surface area is 213 Å². The van der Waals surface area contributed by atoms with E-state index in [0.717, 1.165) is 13.8 Å². The van der Waals surface area contributed by atoms with Crippen molar-refractivity contribution in [2.24, 2.45) is 5.10 Å². The second kappa shape index (κ2) is 9.95. The topological polar surface area (TPSA) is 107 Å². The molecule has 0 atom stereocenters. The monoisotopic (exact) mass is 532 g/mol. The molecule has 0 saturated heterocycles. The Hall–Kier alpha value is -3.59. The fraction of sp³-hybridized carbons (Fsp3) is 0.0833. The number of nitrogens with one attached hydrogen (secondary N) is 1. The number of hydrogen-bond acceptors (Lipinski definition) is 8. The first-order valence-electron chi connectivity index (χ1n) is 9.99. The fourth-order valence-electron chi connectivity index (χ4n) is 3.29. The molecule has 35 heavy (non-hydrogen) atoms. The van der Waals surface area contributed by atoms with Crippen molar-refractivity contribution in [1.82, 2.24) is 0 Å². The summed E-state index contributed by atoms with van der Waals surface area (Å²) in [4.78, 5) is 36.8. The lowest BCUT2D eigenvalue weighted by Crippen LogP contribution is -2.11. The molecule has 0 amide bonds. The van der Waals surface area contributed by atoms with Crippen LogP contribution in [0.25, 0.3) is 21.9 Å². The molecule has 0 radical (unpaired) electrons. The number of nitrogens with zero attached hydrogens (tertiary/aromatic N) is 1. The Bertz CT molecular complexity index is 1580. The van der Waals surface area contributed by atoms with Crippen LogP contribution in [0.3, 0.4) is 0 Å². The summed E-state index contributed by atoms with van der Waals surface area (Å²) in [6.45, 7) is 2.27. The van der Waals surface area contributed by atoms with Gasteiger partial charge in [0.05, 0.1) is 17.3 Å². The minimum absolute atomic E-state index is 0.151. The lowest BCUT2D eigenvalue weighted by atomic mass is 10.1. The van der Waals surface area contributed by atoms with Crippen LogP contribution < -0.4 is 20.3 Å². The minimum atomic E-state index is -0.752. The van der Waals surface area contributed by atoms with E-state index in [9.17, 15) is 14.4 Å². The zero-order valence-corrected chi connectivity index (χ0v) is 20.4. The van der Waals surface area contributed by atoms with E-state index in [1.807, 2.05) is 0 Å². The van der Waals surface area contributed by atoms with Crippen molar-refractivity contribution in [3.05, 3.63) is 73.3 Å². The van der Waals surface area contributed by atoms with Gasteiger partial charge < -0.3 is 13.9 Å². The molecule has 0 spiro atoms. The van der Waals surface area contributed by atoms with Crippen molar-refractivity contribution in [1.29, 1.82) is 0 Å². The first-order chi connectivity index (χ1) is 16.7. The van der Waals surface area contributed by atoms with E-state index >= 15 is 0 Å². The highest BCUT2D eigenvalue weighted by Gasteiger charge is 2.27. The van der Waals surface area contributed by atoms with E-state index < -0.39 is 17.4 Å². The van der Waals surface area contributed by atoms with Gasteiger partial charge in [0.15, 0.2) is 17.1 Å². The van der Waals surface area contributed by atoms with Crippen LogP contribution in [0.1, 0.15) is 19.4 Å². The molecule has 0 aliphatic carbocycles. The van der Waals surface area contributed by atoms with Gasteiger partial charge >= 0.3 is 11.9 Å². The third-order valence-electron chi connectivity index (χ3n) is 4.71. The molecule has 178 valence electrons. The number of rotatable bonds is 5. The molecular formula is C24H15Cl3N2O6. The van der Waals surface area contributed by atoms with Crippen molar-refractivity contribution in [2.45, 2.75) is 13.8 Å². The maximum Gasteiger partial charge on any atom is 0.308 e. The number of carbonyl (C=O) groups is 2. The molecule has 0 aliphatic heterocycles. The van der Waals surface area contributed by atoms with Crippen molar-refractivity contribution in [3.8, 4) is 11.5 Å². The van der Waals surface area contributed by atoms with Gasteiger partial charge in [-0.25, -0.2) is 0 Å². The van der Waals surface area contributed by atoms with Crippen LogP contribution in [0.4, 0.5) is 5.69 Å². The molecule has 4 rings (SSSR count). The smallest absolute Gasteiger partial charge is 0.308 e. The van der Waals surface area contributed by atoms with Gasteiger partial charge in [-0.3, -0.25) is 19.8 Å². The summed E-state index contributed by atoms with van der Waals surface area (Å²) < 4.78 is 16.3. The Morgan fingerprint density at radius 3 is 2.23 bits per heavy atom. The summed E-state index contributed by atoms with van der Waals surface area (Å²) in [7, 11) is 0. The van der Waals surface area contributed by atoms with E-state index in [-0.39, 0.29) is 43.5 Å². The predicted molar refractivity (Wildman–Crippen MR) is 135 cm³/mol. The van der Waals surface area contributed by atoms with E-state index in [2.05, 4.69) is 10.5 Å². The van der Waals surface area contributed by atoms with Gasteiger partial charge in [0.1, 0.15) is 21.0 Å². The molecular weight excluding hydrogens is 519 g/mol. The summed E-state index contributed by atoms with van der Waals surface area (Å²) in [5.74, 6) is -2.11. The highest BCUT2D eigenvalue weighted by molar-refractivity contribution is 6.42. The van der Waals surface area contributed by atoms with Gasteiger partial charge in [-0.2, -0.15) is 5.10 Å². The van der Waals surface area contributed by atoms with E-state index in [1.54, 1.807) is 36.4 Å². The van der Waals surface area contributed by atoms with Gasteiger partial charge in [-0.1, -0.05) is 40.9 Å². The molecule has 0 unspecified atom stereocenters. The summed E-state index contributed by atoms with van der Waals surface area (Å²) in [6.07, 6.45) is 1.45. The van der Waals surface area contributed by atoms with Crippen LogP contribution >= 0.6 is 34.8 Å². The largest absolute Gasteiger partial charge is 0.453 e. The maximum absolute atomic E-state index is 13.5. The number of anilines is 1. The maximum atomic E-state index is 13.5. The highest BCUT2D eigenvalue weighted by atomic mass is 35.5. The van der Waals surface area contributed by atoms with Crippen LogP contribution in [-0.2, 0) is 9.59 Å². The van der Waals surface area contributed by atoms with Gasteiger partial charge in [0.25, 0.3) is 0 Å². The summed E-state index contributed by atoms with van der Waals surface area (Å²) >= 11 is 18.6. The van der Waals surface area contributed by atoms with Crippen LogP contribution in [0, 0.1) is 0 Å². The molecule has 1 N–H and O–H groups in total. The Kier molecular flexibility index (Phi) is 6.98. The first kappa shape index (κ1) is 24.5. The lowest BCUT2D eigenvalue weighted by molar-refractivity contribution is -0.132. The van der Waals surface area contributed by atoms with Crippen LogP contribution in [-0.4, -0.2) is 18.2 Å². The zero-order valence-electron chi connectivity index (χ0n) is 18.1. The number of ether oxygens (including phenoxy) is 2. The van der Waals surface area contributed by atoms with Crippen molar-refractivity contribution in [3.63, 3.8) is 0 Å². The van der Waals surface area contributed by atoms with Crippen molar-refractivity contribution < 1.29 is 23.5 Å². The molecule has 1 aromatic heterocycles. The molecule has 0 fully saturated rings. The van der Waals surface area contributed by atoms with E-state index in [4.69, 9.17) is 48.7 Å². The SMILES string of the molecule is CC(=O)Oc1c(Cl)c(OC(C)=O)c2c(=O)c3cccc(/C=N/Nc4ccc(Cl)cc4)c3oc2c1Cl. The number of hydrogen-bond donors (Lipinski definition) is 1. The summed E-state index contributed by atoms with van der Waals surface area (Å²) in [5.41, 5.74) is 3.40. The standard InChI is InChI=1S/C24H15Cl3N2O6/c1-11(30)33-22-17-20(32)16-5-3-4-13(10-28-29-15-8-6-14(25)7-9-15)21(16)35-23(17)19(27)24(18(22)26)34-12(2)31/h3-10,29H,1-2H3/b28-10+. The number of hydrazone groups is 1. The Balaban J connectivity index is 1.94. The average Bonchev–Trinajstić information content (AvgIpc) is 2.81. The summed E-state index contributed by atoms with van der Waals surface area (Å²) in [5, 5.41) is 4.20. The van der Waals surface area contributed by atoms with Crippen molar-refractivity contribution >= 4 is 80.6 Å². The quantitative estimate of drug-likeness (QED) is 0.107. The number of benzene rings is 3. The molecule has 0 bridgehead atoms. The molecule has 11 heteroatoms. The van der Waals surface area contributed by atoms with Gasteiger partial charge in [-0.15, -0.1) is 0 Å². The van der Waals surface area contributed by atoms with Crippen LogP contribution in [0.2, 0.25) is 15.1 Å². The summed E-state index contributed by atoms with van der Waals surface area (Å²) in [6, 6.07) is 11.7. The zero-order chi connectivity index (χ0) is 25.3. The third kappa shape index (κ3) is 4.95. The van der Waals surface area contributed by atoms with Gasteiger partial charge in [0.2, 0.25) is 5.43 Å². The Morgan fingerprint density at radius 1 is 0.914 bits per heavy atom. The predicted octanol–water partition coefficient (Wildman–Crippen LogP) is 6.20. The fourth-order valence-corrected chi connectivity index (χ4v) is 3.99. The highest BCUT2D eigenvalue weighted by Crippen LogP contribution is 2.47. The minimum Gasteiger partial charge on any atom is -0.453 e. The second-order valence-corrected chi connectivity index (χ2v) is 8.40. The normalized spacial score (nSPS) is 11.2. The molecule has 0 aliphatic rings. The molecule has 3 aromatic carbocycles. The van der Waals surface area contributed by atoms with Crippen molar-refractivity contribution in [2.75, 3.05) is 5.43 Å².